The van der Waals surface area contributed by atoms with Gasteiger partial charge in [0.15, 0.2) is 0 Å². The molecule has 2 aromatic carbocycles. The monoisotopic (exact) mass is 440 g/mol. The molecule has 156 valence electrons. The SMILES string of the molecule is O=C(Nc1cc(Cl)c(-c2ccc3nonc3c2)cc1F)N1CCc2cc(=O)[nH]nc2C1. The van der Waals surface area contributed by atoms with Gasteiger partial charge in [-0.2, -0.15) is 5.10 Å². The molecule has 5 rings (SSSR count). The van der Waals surface area contributed by atoms with Gasteiger partial charge < -0.3 is 10.2 Å². The van der Waals surface area contributed by atoms with Crippen molar-refractivity contribution in [2.24, 2.45) is 0 Å². The molecule has 9 nitrogen and oxygen atoms in total. The van der Waals surface area contributed by atoms with E-state index in [1.165, 1.54) is 23.1 Å². The van der Waals surface area contributed by atoms with E-state index in [0.29, 0.717) is 40.8 Å². The average molecular weight is 441 g/mol. The molecule has 0 spiro atoms. The maximum absolute atomic E-state index is 14.8. The lowest BCUT2D eigenvalue weighted by Crippen LogP contribution is -2.40. The first-order valence-corrected chi connectivity index (χ1v) is 9.71. The summed E-state index contributed by atoms with van der Waals surface area (Å²) in [5, 5.41) is 16.7. The molecule has 2 aromatic heterocycles. The van der Waals surface area contributed by atoms with Crippen molar-refractivity contribution < 1.29 is 13.8 Å². The number of hydrogen-bond acceptors (Lipinski definition) is 6. The summed E-state index contributed by atoms with van der Waals surface area (Å²) in [5.74, 6) is -0.633. The van der Waals surface area contributed by atoms with Crippen LogP contribution in [0.3, 0.4) is 0 Å². The van der Waals surface area contributed by atoms with Crippen LogP contribution < -0.4 is 10.9 Å². The molecule has 0 bridgehead atoms. The smallest absolute Gasteiger partial charge is 0.318 e. The lowest BCUT2D eigenvalue weighted by Gasteiger charge is -2.27. The number of halogens is 2. The van der Waals surface area contributed by atoms with E-state index < -0.39 is 11.8 Å². The zero-order valence-corrected chi connectivity index (χ0v) is 16.6. The van der Waals surface area contributed by atoms with Crippen molar-refractivity contribution in [2.45, 2.75) is 13.0 Å². The number of aromatic amines is 1. The molecule has 0 unspecified atom stereocenters. The normalized spacial score (nSPS) is 13.3. The van der Waals surface area contributed by atoms with Crippen LogP contribution >= 0.6 is 11.6 Å². The topological polar surface area (TPSA) is 117 Å². The molecule has 31 heavy (non-hydrogen) atoms. The molecule has 11 heteroatoms. The summed E-state index contributed by atoms with van der Waals surface area (Å²) in [4.78, 5) is 25.5. The van der Waals surface area contributed by atoms with Gasteiger partial charge in [-0.15, -0.1) is 0 Å². The Kier molecular flexibility index (Phi) is 4.63. The number of amides is 2. The quantitative estimate of drug-likeness (QED) is 0.493. The predicted octanol–water partition coefficient (Wildman–Crippen LogP) is 3.36. The Bertz CT molecular complexity index is 1390. The Hall–Kier alpha value is -3.79. The minimum Gasteiger partial charge on any atom is -0.318 e. The van der Waals surface area contributed by atoms with Crippen molar-refractivity contribution in [3.63, 3.8) is 0 Å². The maximum atomic E-state index is 14.8. The van der Waals surface area contributed by atoms with Gasteiger partial charge in [-0.05, 0) is 52.1 Å². The molecule has 3 heterocycles. The summed E-state index contributed by atoms with van der Waals surface area (Å²) in [5.41, 5.74) is 3.26. The van der Waals surface area contributed by atoms with Crippen LogP contribution in [0.4, 0.5) is 14.9 Å². The predicted molar refractivity (Wildman–Crippen MR) is 110 cm³/mol. The summed E-state index contributed by atoms with van der Waals surface area (Å²) in [6, 6.07) is 8.72. The molecule has 0 saturated carbocycles. The Balaban J connectivity index is 1.37. The molecule has 2 amide bonds. The lowest BCUT2D eigenvalue weighted by molar-refractivity contribution is 0.205. The van der Waals surface area contributed by atoms with Crippen molar-refractivity contribution in [3.05, 3.63) is 68.8 Å². The molecule has 2 N–H and O–H groups in total. The van der Waals surface area contributed by atoms with Crippen LogP contribution in [0.1, 0.15) is 11.3 Å². The molecular weight excluding hydrogens is 427 g/mol. The number of benzene rings is 2. The number of fused-ring (bicyclic) bond motifs is 2. The van der Waals surface area contributed by atoms with Gasteiger partial charge in [0, 0.05) is 18.2 Å². The third-order valence-corrected chi connectivity index (χ3v) is 5.43. The second kappa shape index (κ2) is 7.47. The first-order valence-electron chi connectivity index (χ1n) is 9.33. The molecule has 1 aliphatic heterocycles. The second-order valence-corrected chi connectivity index (χ2v) is 7.49. The highest BCUT2D eigenvalue weighted by Gasteiger charge is 2.23. The van der Waals surface area contributed by atoms with Crippen molar-refractivity contribution in [1.29, 1.82) is 0 Å². The van der Waals surface area contributed by atoms with E-state index in [-0.39, 0.29) is 22.8 Å². The summed E-state index contributed by atoms with van der Waals surface area (Å²) in [7, 11) is 0. The number of H-pyrrole nitrogens is 1. The number of hydrogen-bond donors (Lipinski definition) is 2. The van der Waals surface area contributed by atoms with E-state index in [9.17, 15) is 14.0 Å². The Morgan fingerprint density at radius 1 is 1.19 bits per heavy atom. The third kappa shape index (κ3) is 3.61. The van der Waals surface area contributed by atoms with E-state index in [0.717, 1.165) is 5.56 Å². The van der Waals surface area contributed by atoms with Gasteiger partial charge in [0.05, 0.1) is 22.9 Å². The van der Waals surface area contributed by atoms with Gasteiger partial charge in [0.25, 0.3) is 5.56 Å². The number of carbonyl (C=O) groups excluding carboxylic acids is 1. The van der Waals surface area contributed by atoms with Crippen LogP contribution in [-0.4, -0.2) is 38.0 Å². The molecule has 0 aliphatic carbocycles. The number of nitrogens with one attached hydrogen (secondary N) is 2. The third-order valence-electron chi connectivity index (χ3n) is 5.12. The first kappa shape index (κ1) is 19.2. The van der Waals surface area contributed by atoms with E-state index >= 15 is 0 Å². The van der Waals surface area contributed by atoms with Gasteiger partial charge in [-0.25, -0.2) is 18.9 Å². The lowest BCUT2D eigenvalue weighted by atomic mass is 10.0. The fraction of sp³-hybridized carbons (Fsp3) is 0.150. The fourth-order valence-corrected chi connectivity index (χ4v) is 3.79. The summed E-state index contributed by atoms with van der Waals surface area (Å²) >= 11 is 6.38. The van der Waals surface area contributed by atoms with Crippen LogP contribution in [0.2, 0.25) is 5.02 Å². The van der Waals surface area contributed by atoms with Gasteiger partial charge in [0.2, 0.25) is 0 Å². The van der Waals surface area contributed by atoms with Gasteiger partial charge >= 0.3 is 6.03 Å². The van der Waals surface area contributed by atoms with E-state index in [4.69, 9.17) is 11.6 Å². The summed E-state index contributed by atoms with van der Waals surface area (Å²) < 4.78 is 19.5. The number of urea groups is 1. The molecule has 0 saturated heterocycles. The molecule has 0 atom stereocenters. The molecule has 1 aliphatic rings. The van der Waals surface area contributed by atoms with E-state index in [1.807, 2.05) is 0 Å². The Morgan fingerprint density at radius 3 is 2.90 bits per heavy atom. The largest absolute Gasteiger partial charge is 0.322 e. The summed E-state index contributed by atoms with van der Waals surface area (Å²) in [6.45, 7) is 0.584. The number of carbonyl (C=O) groups is 1. The van der Waals surface area contributed by atoms with Crippen molar-refractivity contribution in [3.8, 4) is 11.1 Å². The van der Waals surface area contributed by atoms with Crippen LogP contribution in [0, 0.1) is 5.82 Å². The second-order valence-electron chi connectivity index (χ2n) is 7.09. The van der Waals surface area contributed by atoms with Gasteiger partial charge in [0.1, 0.15) is 16.9 Å². The van der Waals surface area contributed by atoms with Gasteiger partial charge in [-0.1, -0.05) is 17.7 Å². The number of aromatic nitrogens is 4. The minimum atomic E-state index is -0.633. The number of nitrogens with zero attached hydrogens (tertiary/aromatic N) is 4. The van der Waals surface area contributed by atoms with E-state index in [2.05, 4.69) is 30.5 Å². The highest BCUT2D eigenvalue weighted by molar-refractivity contribution is 6.33. The van der Waals surface area contributed by atoms with Crippen LogP contribution in [0.25, 0.3) is 22.2 Å². The highest BCUT2D eigenvalue weighted by Crippen LogP contribution is 2.33. The number of anilines is 1. The van der Waals surface area contributed by atoms with Crippen LogP contribution in [0.15, 0.2) is 45.8 Å². The van der Waals surface area contributed by atoms with Crippen molar-refractivity contribution >= 4 is 34.4 Å². The first-order chi connectivity index (χ1) is 15.0. The highest BCUT2D eigenvalue weighted by atomic mass is 35.5. The molecule has 0 fully saturated rings. The zero-order chi connectivity index (χ0) is 21.5. The summed E-state index contributed by atoms with van der Waals surface area (Å²) in [6.07, 6.45) is 0.487. The van der Waals surface area contributed by atoms with E-state index in [1.54, 1.807) is 18.2 Å². The average Bonchev–Trinajstić information content (AvgIpc) is 3.23. The molecule has 0 radical (unpaired) electrons. The van der Waals surface area contributed by atoms with Crippen molar-refractivity contribution in [1.82, 2.24) is 25.4 Å². The van der Waals surface area contributed by atoms with Crippen LogP contribution in [0.5, 0.6) is 0 Å². The number of rotatable bonds is 2. The van der Waals surface area contributed by atoms with Crippen LogP contribution in [-0.2, 0) is 13.0 Å². The standard InChI is InChI=1S/C20H14ClFN6O3/c21-13-8-16(14(22)7-12(13)10-1-2-15-17(5-10)27-31-26-15)23-20(30)28-4-3-11-6-19(29)25-24-18(11)9-28/h1-2,5-8H,3-4,9H2,(H,23,30)(H,25,29). The van der Waals surface area contributed by atoms with Crippen molar-refractivity contribution in [2.75, 3.05) is 11.9 Å². The molecular formula is C20H14ClFN6O3. The minimum absolute atomic E-state index is 0.0387. The maximum Gasteiger partial charge on any atom is 0.322 e. The Labute approximate surface area is 178 Å². The Morgan fingerprint density at radius 2 is 2.03 bits per heavy atom. The molecule has 4 aromatic rings. The van der Waals surface area contributed by atoms with Gasteiger partial charge in [-0.3, -0.25) is 4.79 Å². The zero-order valence-electron chi connectivity index (χ0n) is 15.9. The fourth-order valence-electron chi connectivity index (χ4n) is 3.52.